The molecule has 24 heavy (non-hydrogen) atoms. The number of imide groups is 1. The maximum absolute atomic E-state index is 12.6. The fourth-order valence-electron chi connectivity index (χ4n) is 2.58. The molecule has 122 valence electrons. The van der Waals surface area contributed by atoms with Crippen molar-refractivity contribution in [3.63, 3.8) is 0 Å². The van der Waals surface area contributed by atoms with Gasteiger partial charge < -0.3 is 4.74 Å². The number of hydrogen-bond acceptors (Lipinski definition) is 4. The summed E-state index contributed by atoms with van der Waals surface area (Å²) in [6.07, 6.45) is 1.37. The maximum Gasteiger partial charge on any atom is 0.266 e. The third-order valence-electron chi connectivity index (χ3n) is 3.71. The van der Waals surface area contributed by atoms with Gasteiger partial charge >= 0.3 is 0 Å². The fraction of sp³-hybridized carbons (Fsp3) is 0.167. The molecule has 6 heteroatoms. The number of ether oxygens (including phenoxy) is 1. The van der Waals surface area contributed by atoms with E-state index in [1.165, 1.54) is 17.4 Å². The number of halogens is 1. The van der Waals surface area contributed by atoms with Gasteiger partial charge in [-0.05, 0) is 55.8 Å². The van der Waals surface area contributed by atoms with Gasteiger partial charge in [0.25, 0.3) is 11.8 Å². The molecule has 5 nitrogen and oxygen atoms in total. The van der Waals surface area contributed by atoms with E-state index in [-0.39, 0.29) is 11.8 Å². The first-order valence-electron chi connectivity index (χ1n) is 7.46. The molecule has 2 amide bonds. The lowest BCUT2D eigenvalue weighted by Gasteiger charge is -2.16. The molecular weight excluding hydrogens is 328 g/mol. The van der Waals surface area contributed by atoms with Gasteiger partial charge in [0.05, 0.1) is 29.1 Å². The van der Waals surface area contributed by atoms with Crippen molar-refractivity contribution in [1.29, 1.82) is 0 Å². The highest BCUT2D eigenvalue weighted by Crippen LogP contribution is 2.33. The van der Waals surface area contributed by atoms with E-state index in [1.54, 1.807) is 30.3 Å². The number of fused-ring (bicyclic) bond motifs is 1. The van der Waals surface area contributed by atoms with Crippen molar-refractivity contribution < 1.29 is 14.3 Å². The van der Waals surface area contributed by atoms with Crippen LogP contribution in [0.15, 0.2) is 41.4 Å². The molecule has 0 radical (unpaired) electrons. The minimum Gasteiger partial charge on any atom is -0.483 e. The number of rotatable bonds is 4. The Kier molecular flexibility index (Phi) is 4.36. The summed E-state index contributed by atoms with van der Waals surface area (Å²) in [4.78, 5) is 30.5. The van der Waals surface area contributed by atoms with Crippen LogP contribution in [0.1, 0.15) is 33.2 Å². The Morgan fingerprint density at radius 1 is 1.12 bits per heavy atom. The van der Waals surface area contributed by atoms with Gasteiger partial charge in [0.1, 0.15) is 0 Å². The first kappa shape index (κ1) is 16.2. The Morgan fingerprint density at radius 3 is 2.58 bits per heavy atom. The Labute approximate surface area is 144 Å². The van der Waals surface area contributed by atoms with Gasteiger partial charge in [0.15, 0.2) is 6.40 Å². The van der Waals surface area contributed by atoms with E-state index in [0.29, 0.717) is 34.1 Å². The second kappa shape index (κ2) is 6.45. The molecular formula is C18H15ClN2O3. The summed E-state index contributed by atoms with van der Waals surface area (Å²) in [6.45, 7) is 4.23. The minimum atomic E-state index is -0.369. The average Bonchev–Trinajstić information content (AvgIpc) is 2.79. The largest absolute Gasteiger partial charge is 0.483 e. The molecule has 1 aliphatic heterocycles. The third-order valence-corrected chi connectivity index (χ3v) is 3.95. The molecule has 0 N–H and O–H groups in total. The summed E-state index contributed by atoms with van der Waals surface area (Å²) in [5, 5.41) is 0.425. The van der Waals surface area contributed by atoms with E-state index < -0.39 is 0 Å². The first-order valence-corrected chi connectivity index (χ1v) is 7.84. The normalized spacial score (nSPS) is 13.7. The van der Waals surface area contributed by atoms with E-state index in [1.807, 2.05) is 13.8 Å². The molecule has 2 aromatic rings. The quantitative estimate of drug-likeness (QED) is 0.476. The van der Waals surface area contributed by atoms with Crippen molar-refractivity contribution in [3.8, 4) is 0 Å². The summed E-state index contributed by atoms with van der Waals surface area (Å²) >= 11 is 5.93. The van der Waals surface area contributed by atoms with E-state index in [2.05, 4.69) is 4.99 Å². The number of benzene rings is 2. The fourth-order valence-corrected chi connectivity index (χ4v) is 2.75. The topological polar surface area (TPSA) is 59.0 Å². The van der Waals surface area contributed by atoms with Gasteiger partial charge in [-0.25, -0.2) is 9.89 Å². The zero-order valence-corrected chi connectivity index (χ0v) is 14.0. The number of aliphatic imine (C=N–C) groups is 1. The van der Waals surface area contributed by atoms with Gasteiger partial charge in [-0.3, -0.25) is 9.59 Å². The number of hydrogen-bond donors (Lipinski definition) is 0. The number of aryl methyl sites for hydroxylation is 1. The van der Waals surface area contributed by atoms with Crippen molar-refractivity contribution in [1.82, 2.24) is 0 Å². The predicted octanol–water partition coefficient (Wildman–Crippen LogP) is 4.15. The summed E-state index contributed by atoms with van der Waals surface area (Å²) < 4.78 is 5.07. The van der Waals surface area contributed by atoms with Crippen LogP contribution in [-0.2, 0) is 4.74 Å². The lowest BCUT2D eigenvalue weighted by molar-refractivity contribution is 0.0926. The van der Waals surface area contributed by atoms with Crippen LogP contribution in [0.2, 0.25) is 5.02 Å². The van der Waals surface area contributed by atoms with Crippen LogP contribution in [0.5, 0.6) is 0 Å². The van der Waals surface area contributed by atoms with E-state index in [4.69, 9.17) is 16.3 Å². The SMILES string of the molecule is CCOC=Nc1ccc(N2C(=O)c3ccc(Cl)cc3C2=O)c(C)c1. The molecule has 0 aliphatic carbocycles. The lowest BCUT2D eigenvalue weighted by atomic mass is 10.1. The van der Waals surface area contributed by atoms with Crippen molar-refractivity contribution in [2.45, 2.75) is 13.8 Å². The van der Waals surface area contributed by atoms with Crippen molar-refractivity contribution >= 4 is 41.2 Å². The molecule has 0 aromatic heterocycles. The van der Waals surface area contributed by atoms with Gasteiger partial charge in [-0.15, -0.1) is 0 Å². The first-order chi connectivity index (χ1) is 11.5. The van der Waals surface area contributed by atoms with Crippen LogP contribution in [0.4, 0.5) is 11.4 Å². The van der Waals surface area contributed by atoms with Crippen LogP contribution < -0.4 is 4.90 Å². The number of carbonyl (C=O) groups excluding carboxylic acids is 2. The minimum absolute atomic E-state index is 0.324. The van der Waals surface area contributed by atoms with Crippen LogP contribution >= 0.6 is 11.6 Å². The molecule has 2 aromatic carbocycles. The summed E-state index contributed by atoms with van der Waals surface area (Å²) in [6, 6.07) is 9.93. The Morgan fingerprint density at radius 2 is 1.88 bits per heavy atom. The monoisotopic (exact) mass is 342 g/mol. The second-order valence-corrected chi connectivity index (χ2v) is 5.73. The number of amides is 2. The summed E-state index contributed by atoms with van der Waals surface area (Å²) in [5.74, 6) is -0.716. The van der Waals surface area contributed by atoms with Crippen LogP contribution in [0.25, 0.3) is 0 Å². The molecule has 1 aliphatic rings. The molecule has 1 heterocycles. The molecule has 0 fully saturated rings. The highest BCUT2D eigenvalue weighted by Gasteiger charge is 2.37. The second-order valence-electron chi connectivity index (χ2n) is 5.30. The van der Waals surface area contributed by atoms with Crippen molar-refractivity contribution in [2.24, 2.45) is 4.99 Å². The smallest absolute Gasteiger partial charge is 0.266 e. The average molecular weight is 343 g/mol. The lowest BCUT2D eigenvalue weighted by Crippen LogP contribution is -2.29. The molecule has 0 saturated heterocycles. The third kappa shape index (κ3) is 2.78. The molecule has 0 bridgehead atoms. The van der Waals surface area contributed by atoms with E-state index in [0.717, 1.165) is 5.56 Å². The Bertz CT molecular complexity index is 861. The molecule has 0 saturated carbocycles. The zero-order chi connectivity index (χ0) is 17.3. The van der Waals surface area contributed by atoms with E-state index >= 15 is 0 Å². The van der Waals surface area contributed by atoms with Gasteiger partial charge in [-0.2, -0.15) is 0 Å². The standard InChI is InChI=1S/C18H15ClN2O3/c1-3-24-10-20-13-5-7-16(11(2)8-13)21-17(22)14-6-4-12(19)9-15(14)18(21)23/h4-10H,3H2,1-2H3. The van der Waals surface area contributed by atoms with Gasteiger partial charge in [-0.1, -0.05) is 11.6 Å². The highest BCUT2D eigenvalue weighted by molar-refractivity contribution is 6.36. The highest BCUT2D eigenvalue weighted by atomic mass is 35.5. The van der Waals surface area contributed by atoms with Crippen LogP contribution in [-0.4, -0.2) is 24.8 Å². The van der Waals surface area contributed by atoms with E-state index in [9.17, 15) is 9.59 Å². The number of nitrogens with zero attached hydrogens (tertiary/aromatic N) is 2. The van der Waals surface area contributed by atoms with Crippen molar-refractivity contribution in [3.05, 3.63) is 58.1 Å². The van der Waals surface area contributed by atoms with Gasteiger partial charge in [0, 0.05) is 5.02 Å². The number of anilines is 1. The predicted molar refractivity (Wildman–Crippen MR) is 93.5 cm³/mol. The van der Waals surface area contributed by atoms with Gasteiger partial charge in [0.2, 0.25) is 0 Å². The Hall–Kier alpha value is -2.66. The number of carbonyl (C=O) groups is 2. The summed E-state index contributed by atoms with van der Waals surface area (Å²) in [7, 11) is 0. The van der Waals surface area contributed by atoms with Crippen LogP contribution in [0.3, 0.4) is 0 Å². The zero-order valence-electron chi connectivity index (χ0n) is 13.2. The molecule has 0 atom stereocenters. The molecule has 3 rings (SSSR count). The van der Waals surface area contributed by atoms with Crippen LogP contribution in [0, 0.1) is 6.92 Å². The molecule has 0 spiro atoms. The molecule has 0 unspecified atom stereocenters. The summed E-state index contributed by atoms with van der Waals surface area (Å²) in [5.41, 5.74) is 2.67. The van der Waals surface area contributed by atoms with Crippen molar-refractivity contribution in [2.75, 3.05) is 11.5 Å². The maximum atomic E-state index is 12.6. The Balaban J connectivity index is 1.96.